The lowest BCUT2D eigenvalue weighted by Gasteiger charge is -2.28. The fourth-order valence-corrected chi connectivity index (χ4v) is 4.03. The zero-order valence-electron chi connectivity index (χ0n) is 21.3. The second-order valence-electron chi connectivity index (χ2n) is 9.73. The number of carbonyl (C=O) groups is 2. The highest BCUT2D eigenvalue weighted by molar-refractivity contribution is 6.30. The number of aliphatic hydroxyl groups excluding tert-OH is 1. The van der Waals surface area contributed by atoms with Crippen molar-refractivity contribution in [3.05, 3.63) is 81.4 Å². The van der Waals surface area contributed by atoms with Crippen molar-refractivity contribution < 1.29 is 14.7 Å². The van der Waals surface area contributed by atoms with Crippen LogP contribution in [0.1, 0.15) is 29.8 Å². The molecule has 2 amide bonds. The van der Waals surface area contributed by atoms with Gasteiger partial charge >= 0.3 is 0 Å². The first-order valence-electron chi connectivity index (χ1n) is 11.9. The Morgan fingerprint density at radius 1 is 1.11 bits per heavy atom. The van der Waals surface area contributed by atoms with Gasteiger partial charge in [-0.05, 0) is 35.9 Å². The summed E-state index contributed by atoms with van der Waals surface area (Å²) in [6, 6.07) is 11.8. The lowest BCUT2D eigenvalue weighted by molar-refractivity contribution is -0.132. The van der Waals surface area contributed by atoms with Gasteiger partial charge in [-0.1, -0.05) is 37.6 Å². The molecule has 0 spiro atoms. The number of likely N-dealkylation sites (N-methyl/N-ethyl adjacent to an activating group) is 1. The first-order chi connectivity index (χ1) is 18.1. The molecule has 198 valence electrons. The highest BCUT2D eigenvalue weighted by Gasteiger charge is 2.24. The molecule has 0 aliphatic carbocycles. The van der Waals surface area contributed by atoms with E-state index in [4.69, 9.17) is 11.6 Å². The SMILES string of the molecule is CN(CC(C)(C)CO)C(=O)Cn1c(=O)c(C(=O)NCc2ccc(Cl)cc2)cc2ccc(-n3nccn3)nc21. The second-order valence-corrected chi connectivity index (χ2v) is 10.2. The van der Waals surface area contributed by atoms with Gasteiger partial charge in [0.25, 0.3) is 11.5 Å². The van der Waals surface area contributed by atoms with Crippen LogP contribution in [-0.4, -0.2) is 66.6 Å². The number of hydrogen-bond acceptors (Lipinski definition) is 7. The summed E-state index contributed by atoms with van der Waals surface area (Å²) in [5.41, 5.74) is -0.290. The van der Waals surface area contributed by atoms with E-state index < -0.39 is 16.9 Å². The quantitative estimate of drug-likeness (QED) is 0.333. The first kappa shape index (κ1) is 27.0. The van der Waals surface area contributed by atoms with E-state index in [2.05, 4.69) is 20.5 Å². The van der Waals surface area contributed by atoms with Gasteiger partial charge in [0.15, 0.2) is 5.82 Å². The molecule has 0 aliphatic heterocycles. The van der Waals surface area contributed by atoms with Crippen LogP contribution in [0.25, 0.3) is 16.9 Å². The molecule has 0 radical (unpaired) electrons. The van der Waals surface area contributed by atoms with Gasteiger partial charge in [0.1, 0.15) is 17.8 Å². The molecule has 0 fully saturated rings. The van der Waals surface area contributed by atoms with Crippen LogP contribution < -0.4 is 10.9 Å². The van der Waals surface area contributed by atoms with Crippen LogP contribution in [0.5, 0.6) is 0 Å². The minimum Gasteiger partial charge on any atom is -0.396 e. The molecule has 38 heavy (non-hydrogen) atoms. The number of nitrogens with zero attached hydrogens (tertiary/aromatic N) is 6. The molecule has 4 aromatic rings. The van der Waals surface area contributed by atoms with Crippen molar-refractivity contribution in [2.24, 2.45) is 5.41 Å². The number of aromatic nitrogens is 5. The highest BCUT2D eigenvalue weighted by atomic mass is 35.5. The first-order valence-corrected chi connectivity index (χ1v) is 12.2. The van der Waals surface area contributed by atoms with Crippen LogP contribution in [0.3, 0.4) is 0 Å². The number of carbonyl (C=O) groups excluding carboxylic acids is 2. The van der Waals surface area contributed by atoms with Gasteiger partial charge in [-0.3, -0.25) is 19.0 Å². The third kappa shape index (κ3) is 6.06. The maximum absolute atomic E-state index is 13.6. The Bertz CT molecular complexity index is 1520. The minimum absolute atomic E-state index is 0.113. The monoisotopic (exact) mass is 537 g/mol. The Hall–Kier alpha value is -4.09. The molecule has 11 nitrogen and oxygen atoms in total. The number of amides is 2. The van der Waals surface area contributed by atoms with E-state index in [1.165, 1.54) is 32.7 Å². The van der Waals surface area contributed by atoms with Crippen molar-refractivity contribution in [1.29, 1.82) is 0 Å². The number of hydrogen-bond donors (Lipinski definition) is 2. The molecule has 2 N–H and O–H groups in total. The number of benzene rings is 1. The summed E-state index contributed by atoms with van der Waals surface area (Å²) in [6.45, 7) is 3.65. The number of aliphatic hydroxyl groups is 1. The summed E-state index contributed by atoms with van der Waals surface area (Å²) in [6.07, 6.45) is 2.99. The molecule has 12 heteroatoms. The van der Waals surface area contributed by atoms with Crippen molar-refractivity contribution in [2.45, 2.75) is 26.9 Å². The Kier molecular flexibility index (Phi) is 7.88. The van der Waals surface area contributed by atoms with E-state index >= 15 is 0 Å². The standard InChI is InChI=1S/C26H28ClN7O4/c1-26(2,16-35)15-32(3)22(36)14-33-23-18(6-9-21(31-23)34-29-10-11-30-34)12-20(25(33)38)24(37)28-13-17-4-7-19(27)8-5-17/h4-12,35H,13-16H2,1-3H3,(H,28,37). The van der Waals surface area contributed by atoms with Crippen molar-refractivity contribution in [1.82, 2.24) is 34.8 Å². The van der Waals surface area contributed by atoms with Gasteiger partial charge in [-0.25, -0.2) is 4.98 Å². The van der Waals surface area contributed by atoms with Crippen LogP contribution in [0, 0.1) is 5.41 Å². The molecule has 3 heterocycles. The number of nitrogens with one attached hydrogen (secondary N) is 1. The van der Waals surface area contributed by atoms with Crippen LogP contribution in [0.2, 0.25) is 5.02 Å². The normalized spacial score (nSPS) is 11.5. The Balaban J connectivity index is 1.72. The number of pyridine rings is 2. The minimum atomic E-state index is -0.660. The highest BCUT2D eigenvalue weighted by Crippen LogP contribution is 2.17. The fourth-order valence-electron chi connectivity index (χ4n) is 3.91. The Labute approximate surface area is 223 Å². The Morgan fingerprint density at radius 2 is 1.79 bits per heavy atom. The molecule has 0 saturated carbocycles. The van der Waals surface area contributed by atoms with Crippen LogP contribution in [-0.2, 0) is 17.9 Å². The Morgan fingerprint density at radius 3 is 2.45 bits per heavy atom. The third-order valence-corrected chi connectivity index (χ3v) is 6.22. The summed E-state index contributed by atoms with van der Waals surface area (Å²) in [5.74, 6) is -0.614. The van der Waals surface area contributed by atoms with Crippen LogP contribution in [0.4, 0.5) is 0 Å². The van der Waals surface area contributed by atoms with Gasteiger partial charge in [0, 0.05) is 42.6 Å². The molecule has 0 aliphatic rings. The molecule has 0 saturated heterocycles. The molecule has 4 rings (SSSR count). The summed E-state index contributed by atoms with van der Waals surface area (Å²) < 4.78 is 1.18. The molecular weight excluding hydrogens is 510 g/mol. The molecule has 0 unspecified atom stereocenters. The second kappa shape index (κ2) is 11.1. The van der Waals surface area contributed by atoms with Crippen LogP contribution in [0.15, 0.2) is 59.7 Å². The van der Waals surface area contributed by atoms with Gasteiger partial charge in [0.05, 0.1) is 12.4 Å². The zero-order chi connectivity index (χ0) is 27.4. The molecule has 1 aromatic carbocycles. The van der Waals surface area contributed by atoms with E-state index in [0.29, 0.717) is 16.2 Å². The topological polar surface area (TPSA) is 135 Å². The molecular formula is C26H28ClN7O4. The van der Waals surface area contributed by atoms with Gasteiger partial charge in [-0.2, -0.15) is 10.2 Å². The molecule has 0 atom stereocenters. The lowest BCUT2D eigenvalue weighted by atomic mass is 9.94. The third-order valence-electron chi connectivity index (χ3n) is 5.97. The summed E-state index contributed by atoms with van der Waals surface area (Å²) in [7, 11) is 1.60. The van der Waals surface area contributed by atoms with E-state index in [-0.39, 0.29) is 43.4 Å². The predicted octanol–water partition coefficient (Wildman–Crippen LogP) is 2.04. The summed E-state index contributed by atoms with van der Waals surface area (Å²) in [5, 5.41) is 21.6. The van der Waals surface area contributed by atoms with Crippen molar-refractivity contribution in [3.8, 4) is 5.82 Å². The lowest BCUT2D eigenvalue weighted by Crippen LogP contribution is -2.41. The smallest absolute Gasteiger partial charge is 0.265 e. The van der Waals surface area contributed by atoms with Gasteiger partial charge in [0.2, 0.25) is 5.91 Å². The maximum Gasteiger partial charge on any atom is 0.265 e. The number of rotatable bonds is 9. The zero-order valence-corrected chi connectivity index (χ0v) is 22.0. The van der Waals surface area contributed by atoms with Crippen molar-refractivity contribution >= 4 is 34.4 Å². The summed E-state index contributed by atoms with van der Waals surface area (Å²) in [4.78, 5) is 47.1. The van der Waals surface area contributed by atoms with Gasteiger partial charge in [-0.15, -0.1) is 4.80 Å². The van der Waals surface area contributed by atoms with E-state index in [9.17, 15) is 19.5 Å². The summed E-state index contributed by atoms with van der Waals surface area (Å²) >= 11 is 5.92. The van der Waals surface area contributed by atoms with Crippen molar-refractivity contribution in [3.63, 3.8) is 0 Å². The van der Waals surface area contributed by atoms with E-state index in [1.807, 2.05) is 13.8 Å². The van der Waals surface area contributed by atoms with E-state index in [0.717, 1.165) is 5.56 Å². The maximum atomic E-state index is 13.6. The van der Waals surface area contributed by atoms with Gasteiger partial charge < -0.3 is 15.3 Å². The number of fused-ring (bicyclic) bond motifs is 1. The number of halogens is 1. The molecule has 0 bridgehead atoms. The van der Waals surface area contributed by atoms with Crippen molar-refractivity contribution in [2.75, 3.05) is 20.2 Å². The average molecular weight is 538 g/mol. The molecule has 3 aromatic heterocycles. The fraction of sp³-hybridized carbons (Fsp3) is 0.308. The average Bonchev–Trinajstić information content (AvgIpc) is 3.44. The predicted molar refractivity (Wildman–Crippen MR) is 142 cm³/mol. The van der Waals surface area contributed by atoms with Crippen LogP contribution >= 0.6 is 11.6 Å². The largest absolute Gasteiger partial charge is 0.396 e. The van der Waals surface area contributed by atoms with E-state index in [1.54, 1.807) is 43.4 Å².